The number of carbonyl (C=O) groups is 2. The van der Waals surface area contributed by atoms with E-state index >= 15 is 0 Å². The maximum Gasteiger partial charge on any atom is 0.243 e. The molecule has 190 valence electrons. The summed E-state index contributed by atoms with van der Waals surface area (Å²) in [4.78, 5) is 28.9. The Morgan fingerprint density at radius 3 is 2.28 bits per heavy atom. The molecule has 2 amide bonds. The molecule has 0 fully saturated rings. The summed E-state index contributed by atoms with van der Waals surface area (Å²) in [5.74, 6) is 0.790. The zero-order chi connectivity index (χ0) is 25.9. The molecule has 36 heavy (non-hydrogen) atoms. The molecule has 0 aliphatic rings. The van der Waals surface area contributed by atoms with Gasteiger partial charge in [-0.15, -0.1) is 11.8 Å². The summed E-state index contributed by atoms with van der Waals surface area (Å²) in [6.45, 7) is 6.35. The predicted octanol–water partition coefficient (Wildman–Crippen LogP) is 6.44. The summed E-state index contributed by atoms with van der Waals surface area (Å²) in [5.41, 5.74) is 4.21. The largest absolute Gasteiger partial charge is 0.352 e. The first kappa shape index (κ1) is 27.8. The quantitative estimate of drug-likeness (QED) is 0.298. The standard InChI is InChI=1S/C30H35ClN2O2S/c1-4-23(3)32-30(35)28(18-24-10-6-5-7-11-24)33(19-26-12-8-9-13-27(26)31)29(34)21-36-20-25-16-14-22(2)15-17-25/h5-17,23,28H,4,18-21H2,1-3H3,(H,32,35)/t23-,28-/m1/s1. The minimum absolute atomic E-state index is 0.0175. The van der Waals surface area contributed by atoms with Gasteiger partial charge in [0.25, 0.3) is 0 Å². The van der Waals surface area contributed by atoms with Crippen LogP contribution in [-0.2, 0) is 28.3 Å². The molecular formula is C30H35ClN2O2S. The second-order valence-electron chi connectivity index (χ2n) is 9.11. The topological polar surface area (TPSA) is 49.4 Å². The first-order chi connectivity index (χ1) is 17.4. The molecule has 3 aromatic carbocycles. The van der Waals surface area contributed by atoms with Crippen LogP contribution in [0.5, 0.6) is 0 Å². The highest BCUT2D eigenvalue weighted by atomic mass is 35.5. The lowest BCUT2D eigenvalue weighted by Gasteiger charge is -2.32. The number of hydrogen-bond acceptors (Lipinski definition) is 3. The Morgan fingerprint density at radius 2 is 1.61 bits per heavy atom. The van der Waals surface area contributed by atoms with E-state index in [-0.39, 0.29) is 30.2 Å². The minimum Gasteiger partial charge on any atom is -0.352 e. The van der Waals surface area contributed by atoms with Crippen molar-refractivity contribution in [1.29, 1.82) is 0 Å². The van der Waals surface area contributed by atoms with Gasteiger partial charge >= 0.3 is 0 Å². The number of amides is 2. The summed E-state index contributed by atoms with van der Waals surface area (Å²) in [6, 6.07) is 25.1. The van der Waals surface area contributed by atoms with E-state index in [4.69, 9.17) is 11.6 Å². The van der Waals surface area contributed by atoms with Crippen molar-refractivity contribution < 1.29 is 9.59 Å². The molecule has 0 spiro atoms. The smallest absolute Gasteiger partial charge is 0.243 e. The molecule has 0 aromatic heterocycles. The van der Waals surface area contributed by atoms with E-state index in [1.807, 2.05) is 68.4 Å². The molecule has 1 N–H and O–H groups in total. The third kappa shape index (κ3) is 8.42. The van der Waals surface area contributed by atoms with E-state index in [2.05, 4.69) is 36.5 Å². The van der Waals surface area contributed by atoms with Crippen LogP contribution in [0.25, 0.3) is 0 Å². The van der Waals surface area contributed by atoms with Crippen LogP contribution in [0.4, 0.5) is 0 Å². The van der Waals surface area contributed by atoms with Crippen LogP contribution in [0.15, 0.2) is 78.9 Å². The van der Waals surface area contributed by atoms with Gasteiger partial charge in [-0.3, -0.25) is 9.59 Å². The third-order valence-corrected chi connectivity index (χ3v) is 7.54. The summed E-state index contributed by atoms with van der Waals surface area (Å²) in [7, 11) is 0. The summed E-state index contributed by atoms with van der Waals surface area (Å²) >= 11 is 8.04. The Kier molecular flexibility index (Phi) is 10.9. The van der Waals surface area contributed by atoms with E-state index in [1.165, 1.54) is 11.1 Å². The molecule has 3 rings (SSSR count). The average molecular weight is 523 g/mol. The maximum absolute atomic E-state index is 13.7. The normalized spacial score (nSPS) is 12.6. The van der Waals surface area contributed by atoms with Crippen molar-refractivity contribution in [2.24, 2.45) is 0 Å². The zero-order valence-corrected chi connectivity index (χ0v) is 22.8. The van der Waals surface area contributed by atoms with Crippen LogP contribution in [0.2, 0.25) is 5.02 Å². The number of benzene rings is 3. The fourth-order valence-electron chi connectivity index (χ4n) is 3.83. The number of aryl methyl sites for hydroxylation is 1. The molecule has 0 saturated carbocycles. The molecule has 0 bridgehead atoms. The van der Waals surface area contributed by atoms with Gasteiger partial charge in [-0.05, 0) is 43.0 Å². The predicted molar refractivity (Wildman–Crippen MR) is 151 cm³/mol. The molecular weight excluding hydrogens is 488 g/mol. The number of halogens is 1. The SMILES string of the molecule is CC[C@@H](C)NC(=O)[C@@H](Cc1ccccc1)N(Cc1ccccc1Cl)C(=O)CSCc1ccc(C)cc1. The zero-order valence-electron chi connectivity index (χ0n) is 21.2. The average Bonchev–Trinajstić information content (AvgIpc) is 2.88. The number of thioether (sulfide) groups is 1. The fourth-order valence-corrected chi connectivity index (χ4v) is 4.89. The number of rotatable bonds is 12. The first-order valence-electron chi connectivity index (χ1n) is 12.4. The lowest BCUT2D eigenvalue weighted by molar-refractivity contribution is -0.139. The van der Waals surface area contributed by atoms with Crippen molar-refractivity contribution in [3.63, 3.8) is 0 Å². The van der Waals surface area contributed by atoms with Gasteiger partial charge < -0.3 is 10.2 Å². The second-order valence-corrected chi connectivity index (χ2v) is 10.5. The molecule has 3 aromatic rings. The number of carbonyl (C=O) groups excluding carboxylic acids is 2. The molecule has 0 saturated heterocycles. The number of nitrogens with zero attached hydrogens (tertiary/aromatic N) is 1. The molecule has 6 heteroatoms. The summed E-state index contributed by atoms with van der Waals surface area (Å²) < 4.78 is 0. The van der Waals surface area contributed by atoms with E-state index in [1.54, 1.807) is 16.7 Å². The maximum atomic E-state index is 13.7. The van der Waals surface area contributed by atoms with Crippen molar-refractivity contribution in [1.82, 2.24) is 10.2 Å². The van der Waals surface area contributed by atoms with Gasteiger partial charge in [0, 0.05) is 29.8 Å². The molecule has 4 nitrogen and oxygen atoms in total. The molecule has 0 unspecified atom stereocenters. The van der Waals surface area contributed by atoms with E-state index in [0.717, 1.165) is 23.3 Å². The Morgan fingerprint density at radius 1 is 0.944 bits per heavy atom. The van der Waals surface area contributed by atoms with Crippen LogP contribution >= 0.6 is 23.4 Å². The Bertz CT molecular complexity index is 1120. The Balaban J connectivity index is 1.86. The van der Waals surface area contributed by atoms with Crippen molar-refractivity contribution in [2.75, 3.05) is 5.75 Å². The van der Waals surface area contributed by atoms with Gasteiger partial charge in [0.1, 0.15) is 6.04 Å². The third-order valence-electron chi connectivity index (χ3n) is 6.19. The van der Waals surface area contributed by atoms with Gasteiger partial charge in [-0.1, -0.05) is 96.9 Å². The van der Waals surface area contributed by atoms with Crippen molar-refractivity contribution >= 4 is 35.2 Å². The number of hydrogen-bond donors (Lipinski definition) is 1. The van der Waals surface area contributed by atoms with Crippen molar-refractivity contribution in [2.45, 2.75) is 58.0 Å². The van der Waals surface area contributed by atoms with E-state index < -0.39 is 6.04 Å². The minimum atomic E-state index is -0.648. The van der Waals surface area contributed by atoms with Gasteiger partial charge in [0.2, 0.25) is 11.8 Å². The summed E-state index contributed by atoms with van der Waals surface area (Å²) in [5, 5.41) is 3.69. The molecule has 0 heterocycles. The molecule has 0 aliphatic carbocycles. The van der Waals surface area contributed by atoms with Crippen LogP contribution in [0.3, 0.4) is 0 Å². The Labute approximate surface area is 224 Å². The lowest BCUT2D eigenvalue weighted by atomic mass is 10.0. The van der Waals surface area contributed by atoms with E-state index in [0.29, 0.717) is 11.4 Å². The van der Waals surface area contributed by atoms with Crippen molar-refractivity contribution in [3.8, 4) is 0 Å². The summed E-state index contributed by atoms with van der Waals surface area (Å²) in [6.07, 6.45) is 1.25. The fraction of sp³-hybridized carbons (Fsp3) is 0.333. The van der Waals surface area contributed by atoms with Crippen LogP contribution in [0, 0.1) is 6.92 Å². The van der Waals surface area contributed by atoms with Gasteiger partial charge in [0.15, 0.2) is 0 Å². The van der Waals surface area contributed by atoms with Gasteiger partial charge in [-0.25, -0.2) is 0 Å². The van der Waals surface area contributed by atoms with Crippen LogP contribution in [0.1, 0.15) is 42.5 Å². The highest BCUT2D eigenvalue weighted by molar-refractivity contribution is 7.99. The van der Waals surface area contributed by atoms with Crippen LogP contribution < -0.4 is 5.32 Å². The lowest BCUT2D eigenvalue weighted by Crippen LogP contribution is -2.52. The molecule has 0 aliphatic heterocycles. The van der Waals surface area contributed by atoms with Gasteiger partial charge in [-0.2, -0.15) is 0 Å². The molecule has 0 radical (unpaired) electrons. The first-order valence-corrected chi connectivity index (χ1v) is 13.9. The monoisotopic (exact) mass is 522 g/mol. The second kappa shape index (κ2) is 14.1. The molecule has 2 atom stereocenters. The Hall–Kier alpha value is -2.76. The highest BCUT2D eigenvalue weighted by Crippen LogP contribution is 2.22. The highest BCUT2D eigenvalue weighted by Gasteiger charge is 2.31. The van der Waals surface area contributed by atoms with Crippen LogP contribution in [-0.4, -0.2) is 34.6 Å². The van der Waals surface area contributed by atoms with E-state index in [9.17, 15) is 9.59 Å². The van der Waals surface area contributed by atoms with Gasteiger partial charge in [0.05, 0.1) is 5.75 Å². The van der Waals surface area contributed by atoms with Crippen molar-refractivity contribution in [3.05, 3.63) is 106 Å². The number of nitrogens with one attached hydrogen (secondary N) is 1.